The number of hydrogen-bond acceptors (Lipinski definition) is 3. The van der Waals surface area contributed by atoms with E-state index in [0.717, 1.165) is 17.9 Å². The molecule has 2 heterocycles. The third kappa shape index (κ3) is 2.58. The lowest BCUT2D eigenvalue weighted by Crippen LogP contribution is -2.30. The van der Waals surface area contributed by atoms with Gasteiger partial charge in [-0.3, -0.25) is 9.89 Å². The van der Waals surface area contributed by atoms with Crippen LogP contribution in [0.1, 0.15) is 53.0 Å². The molecule has 2 N–H and O–H groups in total. The van der Waals surface area contributed by atoms with E-state index >= 15 is 0 Å². The molecule has 0 radical (unpaired) electrons. The first-order chi connectivity index (χ1) is 10.3. The molecule has 0 bridgehead atoms. The molecule has 1 fully saturated rings. The minimum Gasteiger partial charge on any atom is -0.344 e. The Labute approximate surface area is 127 Å². The van der Waals surface area contributed by atoms with E-state index in [1.54, 1.807) is 0 Å². The van der Waals surface area contributed by atoms with Crippen LogP contribution in [-0.2, 0) is 0 Å². The number of H-pyrrole nitrogens is 1. The van der Waals surface area contributed by atoms with Crippen molar-refractivity contribution in [2.24, 2.45) is 0 Å². The molecule has 2 aromatic rings. The highest BCUT2D eigenvalue weighted by Gasteiger charge is 2.27. The van der Waals surface area contributed by atoms with Crippen molar-refractivity contribution < 1.29 is 4.79 Å². The van der Waals surface area contributed by atoms with E-state index in [9.17, 15) is 4.79 Å². The van der Waals surface area contributed by atoms with Gasteiger partial charge in [0.25, 0.3) is 5.91 Å². The van der Waals surface area contributed by atoms with Gasteiger partial charge in [-0.25, -0.2) is 0 Å². The first-order valence-electron chi connectivity index (χ1n) is 7.39. The van der Waals surface area contributed by atoms with Crippen molar-refractivity contribution in [1.29, 1.82) is 0 Å². The second-order valence-electron chi connectivity index (χ2n) is 5.68. The summed E-state index contributed by atoms with van der Waals surface area (Å²) in [4.78, 5) is 13.7. The third-order valence-corrected chi connectivity index (χ3v) is 5.23. The zero-order chi connectivity index (χ0) is 14.2. The number of thioether (sulfide) groups is 1. The van der Waals surface area contributed by atoms with Crippen molar-refractivity contribution in [1.82, 2.24) is 15.5 Å². The largest absolute Gasteiger partial charge is 0.344 e. The summed E-state index contributed by atoms with van der Waals surface area (Å²) in [6.45, 7) is 0. The minimum atomic E-state index is -0.0788. The molecular weight excluding hydrogens is 282 g/mol. The molecule has 0 spiro atoms. The Morgan fingerprint density at radius 3 is 3.00 bits per heavy atom. The van der Waals surface area contributed by atoms with Crippen molar-refractivity contribution in [2.45, 2.75) is 36.1 Å². The summed E-state index contributed by atoms with van der Waals surface area (Å²) >= 11 is 1.86. The number of carbonyl (C=O) groups excluding carboxylic acids is 1. The van der Waals surface area contributed by atoms with Crippen LogP contribution in [0.3, 0.4) is 0 Å². The van der Waals surface area contributed by atoms with Gasteiger partial charge in [0.05, 0.1) is 6.04 Å². The number of rotatable bonds is 3. The van der Waals surface area contributed by atoms with Gasteiger partial charge in [0.1, 0.15) is 5.69 Å². The molecular formula is C16H17N3OS. The molecule has 1 aromatic carbocycles. The van der Waals surface area contributed by atoms with E-state index in [2.05, 4.69) is 27.6 Å². The zero-order valence-corrected chi connectivity index (χ0v) is 12.5. The summed E-state index contributed by atoms with van der Waals surface area (Å²) < 4.78 is 0. The molecule has 1 atom stereocenters. The second-order valence-corrected chi connectivity index (χ2v) is 6.82. The number of amides is 1. The topological polar surface area (TPSA) is 57.8 Å². The van der Waals surface area contributed by atoms with Crippen molar-refractivity contribution in [2.75, 3.05) is 5.75 Å². The molecule has 1 saturated carbocycles. The van der Waals surface area contributed by atoms with Crippen molar-refractivity contribution in [3.63, 3.8) is 0 Å². The summed E-state index contributed by atoms with van der Waals surface area (Å²) in [5.74, 6) is 1.55. The number of hydrogen-bond donors (Lipinski definition) is 2. The number of carbonyl (C=O) groups is 1. The Bertz CT molecular complexity index is 678. The average molecular weight is 299 g/mol. The molecule has 0 unspecified atom stereocenters. The Balaban J connectivity index is 1.51. The Kier molecular flexibility index (Phi) is 3.22. The van der Waals surface area contributed by atoms with E-state index in [1.165, 1.54) is 23.3 Å². The lowest BCUT2D eigenvalue weighted by atomic mass is 10.0. The molecule has 5 heteroatoms. The maximum atomic E-state index is 12.4. The molecule has 1 aliphatic heterocycles. The lowest BCUT2D eigenvalue weighted by Gasteiger charge is -2.25. The predicted molar refractivity (Wildman–Crippen MR) is 82.6 cm³/mol. The third-order valence-electron chi connectivity index (χ3n) is 4.11. The number of fused-ring (bicyclic) bond motifs is 1. The van der Waals surface area contributed by atoms with Gasteiger partial charge in [0.15, 0.2) is 0 Å². The second kappa shape index (κ2) is 5.22. The minimum absolute atomic E-state index is 0.0788. The highest BCUT2D eigenvalue weighted by Crippen LogP contribution is 2.39. The van der Waals surface area contributed by atoms with Crippen LogP contribution in [0.2, 0.25) is 0 Å². The smallest absolute Gasteiger partial charge is 0.272 e. The van der Waals surface area contributed by atoms with Crippen LogP contribution in [0.15, 0.2) is 35.2 Å². The van der Waals surface area contributed by atoms with Gasteiger partial charge in [-0.2, -0.15) is 5.10 Å². The summed E-state index contributed by atoms with van der Waals surface area (Å²) in [6.07, 6.45) is 3.38. The summed E-state index contributed by atoms with van der Waals surface area (Å²) in [6, 6.07) is 10.3. The van der Waals surface area contributed by atoms with Crippen LogP contribution in [0, 0.1) is 0 Å². The number of nitrogens with zero attached hydrogens (tertiary/aromatic N) is 1. The van der Waals surface area contributed by atoms with E-state index in [4.69, 9.17) is 0 Å². The Hall–Kier alpha value is -1.75. The standard InChI is InChI=1S/C16H17N3OS/c20-16(14-9-13(18-19-14)10-5-6-10)17-12-7-8-21-15-4-2-1-3-11(12)15/h1-4,9-10,12H,5-8H2,(H,17,20)(H,18,19)/t12-/m1/s1. The highest BCUT2D eigenvalue weighted by atomic mass is 32.2. The van der Waals surface area contributed by atoms with Gasteiger partial charge in [-0.05, 0) is 37.0 Å². The molecule has 1 amide bonds. The van der Waals surface area contributed by atoms with Gasteiger partial charge in [0, 0.05) is 22.3 Å². The normalized spacial score (nSPS) is 20.9. The molecule has 4 nitrogen and oxygen atoms in total. The number of aromatic amines is 1. The van der Waals surface area contributed by atoms with E-state index in [0.29, 0.717) is 11.6 Å². The van der Waals surface area contributed by atoms with Crippen LogP contribution in [0.25, 0.3) is 0 Å². The first-order valence-corrected chi connectivity index (χ1v) is 8.38. The van der Waals surface area contributed by atoms with Crippen LogP contribution in [-0.4, -0.2) is 21.9 Å². The molecule has 0 saturated heterocycles. The fraction of sp³-hybridized carbons (Fsp3) is 0.375. The fourth-order valence-electron chi connectivity index (χ4n) is 2.78. The van der Waals surface area contributed by atoms with Crippen molar-refractivity contribution >= 4 is 17.7 Å². The molecule has 21 heavy (non-hydrogen) atoms. The van der Waals surface area contributed by atoms with Gasteiger partial charge >= 0.3 is 0 Å². The maximum Gasteiger partial charge on any atom is 0.272 e. The molecule has 1 aromatic heterocycles. The number of benzene rings is 1. The van der Waals surface area contributed by atoms with Gasteiger partial charge < -0.3 is 5.32 Å². The molecule has 108 valence electrons. The quantitative estimate of drug-likeness (QED) is 0.914. The van der Waals surface area contributed by atoms with Gasteiger partial charge in [-0.1, -0.05) is 18.2 Å². The molecule has 2 aliphatic rings. The number of aromatic nitrogens is 2. The zero-order valence-electron chi connectivity index (χ0n) is 11.6. The van der Waals surface area contributed by atoms with Gasteiger partial charge in [0.2, 0.25) is 0 Å². The molecule has 1 aliphatic carbocycles. The Morgan fingerprint density at radius 1 is 1.29 bits per heavy atom. The van der Waals surface area contributed by atoms with Gasteiger partial charge in [-0.15, -0.1) is 11.8 Å². The van der Waals surface area contributed by atoms with Crippen molar-refractivity contribution in [3.05, 3.63) is 47.3 Å². The monoisotopic (exact) mass is 299 g/mol. The van der Waals surface area contributed by atoms with Crippen LogP contribution < -0.4 is 5.32 Å². The van der Waals surface area contributed by atoms with Crippen LogP contribution >= 0.6 is 11.8 Å². The van der Waals surface area contributed by atoms with Crippen LogP contribution in [0.5, 0.6) is 0 Å². The fourth-order valence-corrected chi connectivity index (χ4v) is 3.91. The molecule has 4 rings (SSSR count). The number of nitrogens with one attached hydrogen (secondary N) is 2. The highest BCUT2D eigenvalue weighted by molar-refractivity contribution is 7.99. The lowest BCUT2D eigenvalue weighted by molar-refractivity contribution is 0.0930. The Morgan fingerprint density at radius 2 is 2.14 bits per heavy atom. The summed E-state index contributed by atoms with van der Waals surface area (Å²) in [5.41, 5.74) is 2.83. The first kappa shape index (κ1) is 13.0. The van der Waals surface area contributed by atoms with Crippen LogP contribution in [0.4, 0.5) is 0 Å². The van der Waals surface area contributed by atoms with E-state index in [-0.39, 0.29) is 11.9 Å². The maximum absolute atomic E-state index is 12.4. The van der Waals surface area contributed by atoms with E-state index < -0.39 is 0 Å². The van der Waals surface area contributed by atoms with Crippen molar-refractivity contribution in [3.8, 4) is 0 Å². The summed E-state index contributed by atoms with van der Waals surface area (Å²) in [7, 11) is 0. The average Bonchev–Trinajstić information content (AvgIpc) is 3.25. The predicted octanol–water partition coefficient (Wildman–Crippen LogP) is 3.25. The SMILES string of the molecule is O=C(N[C@@H]1CCSc2ccccc21)c1cc(C2CC2)[nH]n1. The summed E-state index contributed by atoms with van der Waals surface area (Å²) in [5, 5.41) is 10.3. The van der Waals surface area contributed by atoms with E-state index in [1.807, 2.05) is 30.0 Å².